The number of fused-ring (bicyclic) bond motifs is 1. The van der Waals surface area contributed by atoms with Gasteiger partial charge in [0.05, 0.1) is 0 Å². The summed E-state index contributed by atoms with van der Waals surface area (Å²) in [5.41, 5.74) is 1.35. The van der Waals surface area contributed by atoms with Gasteiger partial charge in [-0.2, -0.15) is 0 Å². The first-order valence-corrected chi connectivity index (χ1v) is 4.72. The summed E-state index contributed by atoms with van der Waals surface area (Å²) in [6.45, 7) is 2.14. The minimum absolute atomic E-state index is 1.00. The van der Waals surface area contributed by atoms with E-state index in [1.165, 1.54) is 16.3 Å². The van der Waals surface area contributed by atoms with E-state index in [0.717, 1.165) is 14.2 Å². The predicted octanol–water partition coefficient (Wildman–Crippen LogP) is 2.37. The van der Waals surface area contributed by atoms with Gasteiger partial charge in [-0.3, -0.25) is 0 Å². The molecular weight excluding hydrogens is 188 g/mol. The smallest absolute Gasteiger partial charge is 0.0319 e. The molecule has 2 rings (SSSR count). The Balaban J connectivity index is 0.000000442. The molecule has 0 spiro atoms. The Morgan fingerprint density at radius 1 is 0.733 bits per heavy atom. The molecule has 0 aliphatic rings. The van der Waals surface area contributed by atoms with Crippen molar-refractivity contribution in [1.29, 1.82) is 0 Å². The van der Waals surface area contributed by atoms with Crippen molar-refractivity contribution in [3.63, 3.8) is 0 Å². The number of rotatable bonds is 0. The van der Waals surface area contributed by atoms with Gasteiger partial charge in [-0.1, -0.05) is 42.5 Å². The van der Waals surface area contributed by atoms with Gasteiger partial charge in [-0.05, 0) is 23.3 Å². The van der Waals surface area contributed by atoms with Gasteiger partial charge < -0.3 is 10.2 Å². The zero-order valence-corrected chi connectivity index (χ0v) is 9.44. The lowest BCUT2D eigenvalue weighted by Crippen LogP contribution is -1.75. The molecule has 2 aromatic carbocycles. The van der Waals surface area contributed by atoms with Gasteiger partial charge in [0, 0.05) is 14.2 Å². The molecule has 0 fully saturated rings. The number of hydrogen-bond donors (Lipinski definition) is 2. The van der Waals surface area contributed by atoms with E-state index in [1.807, 2.05) is 0 Å². The summed E-state index contributed by atoms with van der Waals surface area (Å²) in [4.78, 5) is 0. The van der Waals surface area contributed by atoms with E-state index in [9.17, 15) is 0 Å². The van der Waals surface area contributed by atoms with Crippen molar-refractivity contribution in [2.45, 2.75) is 6.92 Å². The molecule has 0 aliphatic heterocycles. The first-order chi connectivity index (χ1) is 7.38. The fraction of sp³-hybridized carbons (Fsp3) is 0.231. The minimum Gasteiger partial charge on any atom is -0.400 e. The molecule has 2 heteroatoms. The largest absolute Gasteiger partial charge is 0.400 e. The van der Waals surface area contributed by atoms with Gasteiger partial charge in [0.25, 0.3) is 0 Å². The van der Waals surface area contributed by atoms with Gasteiger partial charge >= 0.3 is 0 Å². The summed E-state index contributed by atoms with van der Waals surface area (Å²) in [5, 5.41) is 16.7. The van der Waals surface area contributed by atoms with Crippen molar-refractivity contribution in [2.75, 3.05) is 14.2 Å². The molecule has 0 heterocycles. The number of aliphatic hydroxyl groups excluding tert-OH is 2. The SMILES string of the molecule is CO.CO.Cc1cccc2ccccc12. The lowest BCUT2D eigenvalue weighted by atomic mass is 10.1. The maximum atomic E-state index is 7.00. The predicted molar refractivity (Wildman–Crippen MR) is 65.0 cm³/mol. The molecule has 0 atom stereocenters. The van der Waals surface area contributed by atoms with Gasteiger partial charge in [-0.15, -0.1) is 0 Å². The summed E-state index contributed by atoms with van der Waals surface area (Å²) >= 11 is 0. The van der Waals surface area contributed by atoms with Crippen LogP contribution in [0.2, 0.25) is 0 Å². The second-order valence-corrected chi connectivity index (χ2v) is 2.80. The average molecular weight is 206 g/mol. The van der Waals surface area contributed by atoms with E-state index in [-0.39, 0.29) is 0 Å². The molecule has 0 aliphatic carbocycles. The molecule has 2 N–H and O–H groups in total. The van der Waals surface area contributed by atoms with Crippen molar-refractivity contribution in [1.82, 2.24) is 0 Å². The molecule has 2 aromatic rings. The summed E-state index contributed by atoms with van der Waals surface area (Å²) in [6, 6.07) is 14.8. The van der Waals surface area contributed by atoms with E-state index in [2.05, 4.69) is 49.4 Å². The molecule has 0 unspecified atom stereocenters. The molecular formula is C13H18O2. The standard InChI is InChI=1S/C11H10.2CH4O/c1-9-5-4-7-10-6-2-3-8-11(9)10;2*1-2/h2-8H,1H3;2*2H,1H3. The number of aryl methyl sites for hydroxylation is 1. The molecule has 0 saturated carbocycles. The third-order valence-electron chi connectivity index (χ3n) is 2.01. The zero-order valence-electron chi connectivity index (χ0n) is 9.44. The normalized spacial score (nSPS) is 8.33. The van der Waals surface area contributed by atoms with Crippen LogP contribution in [0.15, 0.2) is 42.5 Å². The van der Waals surface area contributed by atoms with Gasteiger partial charge in [-0.25, -0.2) is 0 Å². The van der Waals surface area contributed by atoms with Gasteiger partial charge in [0.15, 0.2) is 0 Å². The van der Waals surface area contributed by atoms with E-state index >= 15 is 0 Å². The third-order valence-corrected chi connectivity index (χ3v) is 2.01. The molecule has 0 aromatic heterocycles. The van der Waals surface area contributed by atoms with Crippen LogP contribution in [0.25, 0.3) is 10.8 Å². The van der Waals surface area contributed by atoms with Crippen LogP contribution < -0.4 is 0 Å². The first-order valence-electron chi connectivity index (χ1n) is 4.72. The lowest BCUT2D eigenvalue weighted by molar-refractivity contribution is 0.399. The molecule has 15 heavy (non-hydrogen) atoms. The highest BCUT2D eigenvalue weighted by Gasteiger charge is 1.91. The van der Waals surface area contributed by atoms with Crippen LogP contribution in [0, 0.1) is 6.92 Å². The summed E-state index contributed by atoms with van der Waals surface area (Å²) in [6.07, 6.45) is 0. The summed E-state index contributed by atoms with van der Waals surface area (Å²) in [7, 11) is 2.00. The van der Waals surface area contributed by atoms with Crippen LogP contribution in [0.4, 0.5) is 0 Å². The topological polar surface area (TPSA) is 40.5 Å². The highest BCUT2D eigenvalue weighted by molar-refractivity contribution is 5.85. The third kappa shape index (κ3) is 3.70. The Morgan fingerprint density at radius 2 is 1.27 bits per heavy atom. The molecule has 2 nitrogen and oxygen atoms in total. The van der Waals surface area contributed by atoms with Crippen LogP contribution in [0.1, 0.15) is 5.56 Å². The van der Waals surface area contributed by atoms with Crippen molar-refractivity contribution >= 4 is 10.8 Å². The molecule has 0 amide bonds. The number of aliphatic hydroxyl groups is 2. The second kappa shape index (κ2) is 7.97. The highest BCUT2D eigenvalue weighted by Crippen LogP contribution is 2.16. The van der Waals surface area contributed by atoms with Crippen molar-refractivity contribution in [3.8, 4) is 0 Å². The fourth-order valence-corrected chi connectivity index (χ4v) is 1.39. The van der Waals surface area contributed by atoms with Crippen LogP contribution in [0.5, 0.6) is 0 Å². The number of hydrogen-bond acceptors (Lipinski definition) is 2. The highest BCUT2D eigenvalue weighted by atomic mass is 16.2. The monoisotopic (exact) mass is 206 g/mol. The maximum Gasteiger partial charge on any atom is 0.0319 e. The van der Waals surface area contributed by atoms with Gasteiger partial charge in [0.2, 0.25) is 0 Å². The lowest BCUT2D eigenvalue weighted by Gasteiger charge is -1.98. The minimum atomic E-state index is 1.00. The molecule has 0 radical (unpaired) electrons. The maximum absolute atomic E-state index is 7.00. The average Bonchev–Trinajstić information content (AvgIpc) is 2.35. The van der Waals surface area contributed by atoms with E-state index in [4.69, 9.17) is 10.2 Å². The fourth-order valence-electron chi connectivity index (χ4n) is 1.39. The Hall–Kier alpha value is -1.38. The van der Waals surface area contributed by atoms with Crippen LogP contribution in [0.3, 0.4) is 0 Å². The molecule has 0 bridgehead atoms. The summed E-state index contributed by atoms with van der Waals surface area (Å²) in [5.74, 6) is 0. The Bertz CT molecular complexity index is 378. The Morgan fingerprint density at radius 3 is 1.87 bits per heavy atom. The van der Waals surface area contributed by atoms with Crippen molar-refractivity contribution in [2.24, 2.45) is 0 Å². The van der Waals surface area contributed by atoms with E-state index in [1.54, 1.807) is 0 Å². The van der Waals surface area contributed by atoms with Crippen LogP contribution in [-0.4, -0.2) is 24.4 Å². The van der Waals surface area contributed by atoms with Crippen molar-refractivity contribution < 1.29 is 10.2 Å². The zero-order chi connectivity index (χ0) is 11.7. The van der Waals surface area contributed by atoms with E-state index in [0.29, 0.717) is 0 Å². The quantitative estimate of drug-likeness (QED) is 0.694. The number of benzene rings is 2. The van der Waals surface area contributed by atoms with Crippen LogP contribution >= 0.6 is 0 Å². The second-order valence-electron chi connectivity index (χ2n) is 2.80. The van der Waals surface area contributed by atoms with Gasteiger partial charge in [0.1, 0.15) is 0 Å². The van der Waals surface area contributed by atoms with Crippen LogP contribution in [-0.2, 0) is 0 Å². The molecule has 82 valence electrons. The first kappa shape index (κ1) is 13.6. The van der Waals surface area contributed by atoms with Crippen molar-refractivity contribution in [3.05, 3.63) is 48.0 Å². The summed E-state index contributed by atoms with van der Waals surface area (Å²) < 4.78 is 0. The Kier molecular flexibility index (Phi) is 7.24. The molecule has 0 saturated heterocycles. The van der Waals surface area contributed by atoms with E-state index < -0.39 is 0 Å². The Labute approximate surface area is 90.8 Å².